The van der Waals surface area contributed by atoms with E-state index in [9.17, 15) is 5.26 Å². The highest BCUT2D eigenvalue weighted by Gasteiger charge is 2.17. The number of nitriles is 1. The number of nitrogens with zero attached hydrogens (tertiary/aromatic N) is 3. The Morgan fingerprint density at radius 1 is 1.19 bits per heavy atom. The molecule has 0 fully saturated rings. The van der Waals surface area contributed by atoms with Gasteiger partial charge in [-0.2, -0.15) is 5.26 Å². The van der Waals surface area contributed by atoms with Crippen LogP contribution in [0.4, 0.5) is 11.4 Å². The monoisotopic (exact) mass is 488 g/mol. The van der Waals surface area contributed by atoms with Gasteiger partial charge in [-0.25, -0.2) is 0 Å². The van der Waals surface area contributed by atoms with Crippen LogP contribution in [0, 0.1) is 11.3 Å². The second-order valence-electron chi connectivity index (χ2n) is 7.11. The summed E-state index contributed by atoms with van der Waals surface area (Å²) in [6.07, 6.45) is 1.58. The molecule has 9 heteroatoms. The van der Waals surface area contributed by atoms with Crippen molar-refractivity contribution >= 4 is 67.5 Å². The molecule has 4 aromatic rings. The van der Waals surface area contributed by atoms with E-state index >= 15 is 0 Å². The molecule has 3 aromatic heterocycles. The summed E-state index contributed by atoms with van der Waals surface area (Å²) in [5.74, 6) is 0.496. The van der Waals surface area contributed by atoms with Gasteiger partial charge in [0.25, 0.3) is 0 Å². The number of methoxy groups -OCH3 is 1. The molecule has 0 atom stereocenters. The van der Waals surface area contributed by atoms with Gasteiger partial charge in [0.15, 0.2) is 0 Å². The largest absolute Gasteiger partial charge is 0.495 e. The highest BCUT2D eigenvalue weighted by molar-refractivity contribution is 7.23. The molecule has 0 aliphatic rings. The van der Waals surface area contributed by atoms with Gasteiger partial charge in [-0.3, -0.25) is 4.98 Å². The van der Waals surface area contributed by atoms with Crippen LogP contribution in [0.5, 0.6) is 5.75 Å². The van der Waals surface area contributed by atoms with Crippen molar-refractivity contribution in [3.63, 3.8) is 0 Å². The van der Waals surface area contributed by atoms with Crippen LogP contribution in [0.2, 0.25) is 10.0 Å². The number of aromatic nitrogens is 1. The van der Waals surface area contributed by atoms with E-state index in [0.717, 1.165) is 27.2 Å². The third kappa shape index (κ3) is 4.49. The number of ether oxygens (including phenoxy) is 1. The summed E-state index contributed by atoms with van der Waals surface area (Å²) in [5.41, 5.74) is 3.67. The molecule has 0 saturated carbocycles. The first-order chi connectivity index (χ1) is 14.9. The fourth-order valence-corrected chi connectivity index (χ4v) is 5.84. The van der Waals surface area contributed by atoms with E-state index in [2.05, 4.69) is 52.9 Å². The van der Waals surface area contributed by atoms with Crippen LogP contribution >= 0.6 is 45.9 Å². The van der Waals surface area contributed by atoms with E-state index in [4.69, 9.17) is 27.9 Å². The molecule has 158 valence electrons. The van der Waals surface area contributed by atoms with Crippen molar-refractivity contribution in [2.75, 3.05) is 26.5 Å². The average Bonchev–Trinajstić information content (AvgIpc) is 3.36. The highest BCUT2D eigenvalue weighted by Crippen LogP contribution is 2.42. The van der Waals surface area contributed by atoms with Gasteiger partial charge in [0, 0.05) is 34.1 Å². The fourth-order valence-electron chi connectivity index (χ4n) is 3.15. The topological polar surface area (TPSA) is 61.2 Å². The molecule has 1 aromatic carbocycles. The minimum atomic E-state index is 0.419. The summed E-state index contributed by atoms with van der Waals surface area (Å²) in [4.78, 5) is 9.03. The van der Waals surface area contributed by atoms with Crippen molar-refractivity contribution in [3.8, 4) is 22.3 Å². The van der Waals surface area contributed by atoms with Crippen LogP contribution in [-0.4, -0.2) is 31.1 Å². The summed E-state index contributed by atoms with van der Waals surface area (Å²) in [6.45, 7) is 0.899. The molecule has 31 heavy (non-hydrogen) atoms. The smallest absolute Gasteiger partial charge is 0.139 e. The lowest BCUT2D eigenvalue weighted by Crippen LogP contribution is -2.09. The Kier molecular flexibility index (Phi) is 6.37. The second-order valence-corrected chi connectivity index (χ2v) is 9.98. The highest BCUT2D eigenvalue weighted by atomic mass is 35.5. The molecule has 5 nitrogen and oxygen atoms in total. The van der Waals surface area contributed by atoms with Gasteiger partial charge in [0.05, 0.1) is 44.3 Å². The Balaban J connectivity index is 1.78. The number of hydrogen-bond acceptors (Lipinski definition) is 7. The van der Waals surface area contributed by atoms with Gasteiger partial charge in [-0.05, 0) is 37.7 Å². The van der Waals surface area contributed by atoms with E-state index in [-0.39, 0.29) is 0 Å². The number of pyridine rings is 1. The number of nitrogens with one attached hydrogen (secondary N) is 1. The number of rotatable bonds is 6. The van der Waals surface area contributed by atoms with E-state index in [1.54, 1.807) is 48.1 Å². The Hall–Kier alpha value is -2.34. The molecule has 0 saturated heterocycles. The number of halogens is 2. The predicted molar refractivity (Wildman–Crippen MR) is 131 cm³/mol. The summed E-state index contributed by atoms with van der Waals surface area (Å²) in [7, 11) is 5.66. The van der Waals surface area contributed by atoms with Crippen molar-refractivity contribution in [2.24, 2.45) is 0 Å². The maximum Gasteiger partial charge on any atom is 0.139 e. The van der Waals surface area contributed by atoms with E-state index in [1.165, 1.54) is 4.88 Å². The predicted octanol–water partition coefficient (Wildman–Crippen LogP) is 7.02. The van der Waals surface area contributed by atoms with Gasteiger partial charge in [0.2, 0.25) is 0 Å². The molecule has 0 aliphatic heterocycles. The standard InChI is InChI=1S/C22H18Cl2N4OS2/c1-28(2)10-14-4-12(11-30-14)20-7-18-22(31-20)21(13(8-25)9-26-18)27-17-6-19(29-3)16(24)5-15(17)23/h4-7,9,11H,10H2,1-3H3,(H,26,27). The quantitative estimate of drug-likeness (QED) is 0.316. The Labute approximate surface area is 198 Å². The van der Waals surface area contributed by atoms with E-state index < -0.39 is 0 Å². The number of anilines is 2. The molecule has 0 unspecified atom stereocenters. The maximum atomic E-state index is 9.67. The number of fused-ring (bicyclic) bond motifs is 1. The lowest BCUT2D eigenvalue weighted by molar-refractivity contribution is 0.406. The summed E-state index contributed by atoms with van der Waals surface area (Å²) >= 11 is 15.9. The van der Waals surface area contributed by atoms with Crippen LogP contribution < -0.4 is 10.1 Å². The molecule has 1 N–H and O–H groups in total. The van der Waals surface area contributed by atoms with Gasteiger partial charge < -0.3 is 15.0 Å². The first-order valence-corrected chi connectivity index (χ1v) is 11.7. The van der Waals surface area contributed by atoms with Crippen LogP contribution in [0.1, 0.15) is 10.4 Å². The normalized spacial score (nSPS) is 11.1. The third-order valence-electron chi connectivity index (χ3n) is 4.57. The first kappa shape index (κ1) is 21.9. The number of thiophene rings is 2. The summed E-state index contributed by atoms with van der Waals surface area (Å²) < 4.78 is 6.19. The molecule has 0 bridgehead atoms. The molecule has 0 amide bonds. The Morgan fingerprint density at radius 3 is 2.71 bits per heavy atom. The molecular formula is C22H18Cl2N4OS2. The van der Waals surface area contributed by atoms with Crippen molar-refractivity contribution in [1.29, 1.82) is 5.26 Å². The van der Waals surface area contributed by atoms with Crippen LogP contribution in [0.25, 0.3) is 20.7 Å². The van der Waals surface area contributed by atoms with Crippen molar-refractivity contribution in [2.45, 2.75) is 6.54 Å². The zero-order valence-corrected chi connectivity index (χ0v) is 20.1. The SMILES string of the molecule is COc1cc(Nc2c(C#N)cnc3cc(-c4csc(CN(C)C)c4)sc23)c(Cl)cc1Cl. The second kappa shape index (κ2) is 9.03. The average molecular weight is 489 g/mol. The zero-order chi connectivity index (χ0) is 22.1. The molecule has 3 heterocycles. The van der Waals surface area contributed by atoms with E-state index in [1.807, 2.05) is 0 Å². The summed E-state index contributed by atoms with van der Waals surface area (Å²) in [5, 5.41) is 16.0. The van der Waals surface area contributed by atoms with Gasteiger partial charge in [-0.1, -0.05) is 23.2 Å². The number of hydrogen-bond donors (Lipinski definition) is 1. The lowest BCUT2D eigenvalue weighted by Gasteiger charge is -2.13. The molecule has 0 aliphatic carbocycles. The molecule has 0 spiro atoms. The van der Waals surface area contributed by atoms with E-state index in [0.29, 0.717) is 32.7 Å². The molecule has 0 radical (unpaired) electrons. The minimum absolute atomic E-state index is 0.419. The van der Waals surface area contributed by atoms with Crippen molar-refractivity contribution in [3.05, 3.63) is 56.3 Å². The lowest BCUT2D eigenvalue weighted by atomic mass is 10.2. The Morgan fingerprint density at radius 2 is 2.00 bits per heavy atom. The molecule has 4 rings (SSSR count). The van der Waals surface area contributed by atoms with Crippen LogP contribution in [0.15, 0.2) is 35.8 Å². The van der Waals surface area contributed by atoms with Crippen molar-refractivity contribution < 1.29 is 4.74 Å². The van der Waals surface area contributed by atoms with Gasteiger partial charge >= 0.3 is 0 Å². The Bertz CT molecular complexity index is 1310. The fraction of sp³-hybridized carbons (Fsp3) is 0.182. The molecular weight excluding hydrogens is 471 g/mol. The van der Waals surface area contributed by atoms with Crippen LogP contribution in [-0.2, 0) is 6.54 Å². The van der Waals surface area contributed by atoms with Gasteiger partial charge in [0.1, 0.15) is 11.8 Å². The number of benzene rings is 1. The zero-order valence-electron chi connectivity index (χ0n) is 17.0. The van der Waals surface area contributed by atoms with Crippen LogP contribution in [0.3, 0.4) is 0 Å². The first-order valence-electron chi connectivity index (χ1n) is 9.24. The third-order valence-corrected chi connectivity index (χ3v) is 7.29. The van der Waals surface area contributed by atoms with Gasteiger partial charge in [-0.15, -0.1) is 22.7 Å². The van der Waals surface area contributed by atoms with Crippen molar-refractivity contribution in [1.82, 2.24) is 9.88 Å². The minimum Gasteiger partial charge on any atom is -0.495 e. The summed E-state index contributed by atoms with van der Waals surface area (Å²) in [6, 6.07) is 9.81. The maximum absolute atomic E-state index is 9.67.